The third-order valence-corrected chi connectivity index (χ3v) is 3.17. The van der Waals surface area contributed by atoms with E-state index in [4.69, 9.17) is 16.6 Å². The Bertz CT molecular complexity index is 397. The van der Waals surface area contributed by atoms with E-state index >= 15 is 0 Å². The summed E-state index contributed by atoms with van der Waals surface area (Å²) < 4.78 is 0. The van der Waals surface area contributed by atoms with Crippen LogP contribution in [0.1, 0.15) is 33.1 Å². The smallest absolute Gasteiger partial charge is 0.326 e. The van der Waals surface area contributed by atoms with Crippen LogP contribution < -0.4 is 16.8 Å². The van der Waals surface area contributed by atoms with Crippen LogP contribution in [0.25, 0.3) is 0 Å². The molecule has 0 rings (SSSR count). The minimum Gasteiger partial charge on any atom is -0.480 e. The topological polar surface area (TPSA) is 154 Å². The van der Waals surface area contributed by atoms with Gasteiger partial charge >= 0.3 is 12.0 Å². The number of carbonyl (C=O) groups excluding carboxylic acids is 1. The van der Waals surface area contributed by atoms with Crippen LogP contribution in [0, 0.1) is 5.92 Å². The number of hydrogen-bond acceptors (Lipinski definition) is 4. The van der Waals surface area contributed by atoms with Crippen molar-refractivity contribution in [3.63, 3.8) is 0 Å². The summed E-state index contributed by atoms with van der Waals surface area (Å²) in [4.78, 5) is 28.6. The predicted octanol–water partition coefficient (Wildman–Crippen LogP) is -0.457. The molecule has 0 aliphatic carbocycles. The van der Waals surface area contributed by atoms with Gasteiger partial charge in [0.25, 0.3) is 0 Å². The lowest BCUT2D eigenvalue weighted by atomic mass is 10.1. The number of nitrogens with zero attached hydrogens (tertiary/aromatic N) is 2. The fourth-order valence-electron chi connectivity index (χ4n) is 1.85. The lowest BCUT2D eigenvalue weighted by Crippen LogP contribution is -2.49. The summed E-state index contributed by atoms with van der Waals surface area (Å²) in [6, 6.07) is -1.51. The molecule has 0 saturated carbocycles. The van der Waals surface area contributed by atoms with Gasteiger partial charge in [-0.15, -0.1) is 0 Å². The number of aliphatic imine (C=N–C) groups is 1. The molecule has 0 fully saturated rings. The van der Waals surface area contributed by atoms with Gasteiger partial charge < -0.3 is 31.9 Å². The van der Waals surface area contributed by atoms with Crippen molar-refractivity contribution in [3.8, 4) is 0 Å². The van der Waals surface area contributed by atoms with Gasteiger partial charge in [-0.05, 0) is 25.2 Å². The summed E-state index contributed by atoms with van der Waals surface area (Å²) in [6.07, 6.45) is 1.42. The van der Waals surface area contributed by atoms with Gasteiger partial charge in [0, 0.05) is 19.6 Å². The molecule has 2 amide bonds. The molecule has 0 saturated heterocycles. The van der Waals surface area contributed by atoms with E-state index in [1.165, 1.54) is 4.90 Å². The average Bonchev–Trinajstić information content (AvgIpc) is 2.45. The Labute approximate surface area is 136 Å². The first-order chi connectivity index (χ1) is 10.8. The van der Waals surface area contributed by atoms with Gasteiger partial charge in [-0.2, -0.15) is 0 Å². The van der Waals surface area contributed by atoms with Crippen molar-refractivity contribution in [3.05, 3.63) is 0 Å². The molecular formula is C14H29N5O4. The SMILES string of the molecule is CC(C)CCN(CCO)C(=O)N[C@@H](CCCN=C(N)N)C(=O)O. The second-order valence-corrected chi connectivity index (χ2v) is 5.68. The first-order valence-electron chi connectivity index (χ1n) is 7.72. The number of rotatable bonds is 11. The van der Waals surface area contributed by atoms with Gasteiger partial charge in [0.05, 0.1) is 6.61 Å². The second-order valence-electron chi connectivity index (χ2n) is 5.68. The third kappa shape index (κ3) is 10.3. The van der Waals surface area contributed by atoms with E-state index in [9.17, 15) is 14.7 Å². The summed E-state index contributed by atoms with van der Waals surface area (Å²) in [5.41, 5.74) is 10.4. The van der Waals surface area contributed by atoms with Gasteiger partial charge in [-0.25, -0.2) is 9.59 Å². The van der Waals surface area contributed by atoms with E-state index in [1.807, 2.05) is 13.8 Å². The zero-order chi connectivity index (χ0) is 17.8. The minimum atomic E-state index is -1.11. The third-order valence-electron chi connectivity index (χ3n) is 3.17. The molecule has 0 aromatic heterocycles. The molecule has 0 spiro atoms. The molecule has 0 aliphatic rings. The van der Waals surface area contributed by atoms with Crippen molar-refractivity contribution in [1.29, 1.82) is 0 Å². The Hall–Kier alpha value is -2.03. The van der Waals surface area contributed by atoms with Crippen LogP contribution in [0.2, 0.25) is 0 Å². The van der Waals surface area contributed by atoms with Gasteiger partial charge in [-0.1, -0.05) is 13.8 Å². The molecule has 0 aromatic rings. The lowest BCUT2D eigenvalue weighted by molar-refractivity contribution is -0.139. The molecule has 0 heterocycles. The van der Waals surface area contributed by atoms with Crippen LogP contribution in [0.4, 0.5) is 4.79 Å². The van der Waals surface area contributed by atoms with E-state index < -0.39 is 18.0 Å². The lowest BCUT2D eigenvalue weighted by Gasteiger charge is -2.25. The van der Waals surface area contributed by atoms with E-state index in [2.05, 4.69) is 10.3 Å². The number of nitrogens with two attached hydrogens (primary N) is 2. The number of nitrogens with one attached hydrogen (secondary N) is 1. The number of carbonyl (C=O) groups is 2. The number of aliphatic hydroxyl groups excluding tert-OH is 1. The molecule has 0 aromatic carbocycles. The fraction of sp³-hybridized carbons (Fsp3) is 0.786. The Kier molecular flexibility index (Phi) is 10.5. The summed E-state index contributed by atoms with van der Waals surface area (Å²) in [5, 5.41) is 20.7. The molecule has 0 unspecified atom stereocenters. The molecular weight excluding hydrogens is 302 g/mol. The highest BCUT2D eigenvalue weighted by molar-refractivity contribution is 5.82. The van der Waals surface area contributed by atoms with Gasteiger partial charge in [-0.3, -0.25) is 4.99 Å². The maximum atomic E-state index is 12.2. The van der Waals surface area contributed by atoms with Crippen molar-refractivity contribution in [2.24, 2.45) is 22.4 Å². The number of guanidine groups is 1. The molecule has 0 bridgehead atoms. The molecule has 134 valence electrons. The normalized spacial score (nSPS) is 11.8. The van der Waals surface area contributed by atoms with E-state index in [0.717, 1.165) is 6.42 Å². The Morgan fingerprint density at radius 3 is 2.35 bits per heavy atom. The van der Waals surface area contributed by atoms with Crippen LogP contribution in [0.15, 0.2) is 4.99 Å². The molecule has 0 radical (unpaired) electrons. The van der Waals surface area contributed by atoms with Crippen molar-refractivity contribution in [1.82, 2.24) is 10.2 Å². The summed E-state index contributed by atoms with van der Waals surface area (Å²) >= 11 is 0. The zero-order valence-electron chi connectivity index (χ0n) is 13.9. The maximum Gasteiger partial charge on any atom is 0.326 e. The summed E-state index contributed by atoms with van der Waals surface area (Å²) in [7, 11) is 0. The number of aliphatic carboxylic acids is 1. The number of amides is 2. The highest BCUT2D eigenvalue weighted by atomic mass is 16.4. The van der Waals surface area contributed by atoms with Crippen molar-refractivity contribution >= 4 is 18.0 Å². The monoisotopic (exact) mass is 331 g/mol. The van der Waals surface area contributed by atoms with Gasteiger partial charge in [0.15, 0.2) is 5.96 Å². The standard InChI is InChI=1S/C14H29N5O4/c1-10(2)5-7-19(8-9-20)14(23)18-11(12(21)22)4-3-6-17-13(15)16/h10-11,20H,3-9H2,1-2H3,(H,18,23)(H,21,22)(H4,15,16,17)/t11-/m0/s1. The van der Waals surface area contributed by atoms with Crippen LogP contribution in [0.5, 0.6) is 0 Å². The molecule has 7 N–H and O–H groups in total. The van der Waals surface area contributed by atoms with Gasteiger partial charge in [0.1, 0.15) is 6.04 Å². The number of carboxylic acid groups (broad SMARTS) is 1. The number of hydrogen-bond donors (Lipinski definition) is 5. The first kappa shape index (κ1) is 21.0. The molecule has 9 nitrogen and oxygen atoms in total. The highest BCUT2D eigenvalue weighted by Gasteiger charge is 2.22. The predicted molar refractivity (Wildman–Crippen MR) is 88.0 cm³/mol. The fourth-order valence-corrected chi connectivity index (χ4v) is 1.85. The van der Waals surface area contributed by atoms with Crippen LogP contribution in [-0.2, 0) is 4.79 Å². The molecule has 0 aliphatic heterocycles. The maximum absolute atomic E-state index is 12.2. The Balaban J connectivity index is 4.53. The largest absolute Gasteiger partial charge is 0.480 e. The Morgan fingerprint density at radius 1 is 1.22 bits per heavy atom. The summed E-state index contributed by atoms with van der Waals surface area (Å²) in [6.45, 7) is 4.81. The minimum absolute atomic E-state index is 0.0521. The first-order valence-corrected chi connectivity index (χ1v) is 7.72. The van der Waals surface area contributed by atoms with E-state index in [-0.39, 0.29) is 25.5 Å². The molecule has 1 atom stereocenters. The second kappa shape index (κ2) is 11.5. The highest BCUT2D eigenvalue weighted by Crippen LogP contribution is 2.04. The van der Waals surface area contributed by atoms with Crippen molar-refractivity contribution in [2.45, 2.75) is 39.2 Å². The van der Waals surface area contributed by atoms with Crippen LogP contribution in [0.3, 0.4) is 0 Å². The summed E-state index contributed by atoms with van der Waals surface area (Å²) in [5.74, 6) is -0.765. The van der Waals surface area contributed by atoms with E-state index in [1.54, 1.807) is 0 Å². The quantitative estimate of drug-likeness (QED) is 0.196. The van der Waals surface area contributed by atoms with E-state index in [0.29, 0.717) is 25.4 Å². The Morgan fingerprint density at radius 2 is 1.87 bits per heavy atom. The van der Waals surface area contributed by atoms with Crippen LogP contribution >= 0.6 is 0 Å². The molecule has 23 heavy (non-hydrogen) atoms. The van der Waals surface area contributed by atoms with Gasteiger partial charge in [0.2, 0.25) is 0 Å². The van der Waals surface area contributed by atoms with Crippen molar-refractivity contribution in [2.75, 3.05) is 26.2 Å². The zero-order valence-corrected chi connectivity index (χ0v) is 13.9. The van der Waals surface area contributed by atoms with Crippen LogP contribution in [-0.4, -0.2) is 65.4 Å². The van der Waals surface area contributed by atoms with Crippen molar-refractivity contribution < 1.29 is 19.8 Å². The number of urea groups is 1. The number of aliphatic hydroxyl groups is 1. The average molecular weight is 331 g/mol. The molecule has 9 heteroatoms. The number of carboxylic acids is 1.